The highest BCUT2D eigenvalue weighted by Crippen LogP contribution is 2.26. The predicted molar refractivity (Wildman–Crippen MR) is 88.1 cm³/mol. The number of fused-ring (bicyclic) bond motifs is 1. The van der Waals surface area contributed by atoms with Gasteiger partial charge in [0.05, 0.1) is 6.42 Å². The lowest BCUT2D eigenvalue weighted by Gasteiger charge is -2.24. The zero-order valence-corrected chi connectivity index (χ0v) is 13.3. The van der Waals surface area contributed by atoms with E-state index in [2.05, 4.69) is 4.98 Å². The number of benzene rings is 1. The van der Waals surface area contributed by atoms with Gasteiger partial charge in [-0.15, -0.1) is 0 Å². The number of aliphatic hydroxyl groups excluding tert-OH is 1. The van der Waals surface area contributed by atoms with Crippen LogP contribution < -0.4 is 0 Å². The van der Waals surface area contributed by atoms with Crippen LogP contribution in [-0.2, 0) is 11.2 Å². The Morgan fingerprint density at radius 2 is 2.32 bits per heavy atom. The second-order valence-corrected chi connectivity index (χ2v) is 6.37. The summed E-state index contributed by atoms with van der Waals surface area (Å²) in [7, 11) is 0. The molecule has 1 atom stereocenters. The van der Waals surface area contributed by atoms with Gasteiger partial charge in [0.2, 0.25) is 5.91 Å². The van der Waals surface area contributed by atoms with Crippen molar-refractivity contribution in [1.82, 2.24) is 9.88 Å². The molecule has 1 aromatic carbocycles. The van der Waals surface area contributed by atoms with Crippen molar-refractivity contribution in [2.24, 2.45) is 0 Å². The number of aromatic nitrogens is 1. The third-order valence-corrected chi connectivity index (χ3v) is 4.70. The Morgan fingerprint density at radius 1 is 1.45 bits per heavy atom. The monoisotopic (exact) mass is 320 g/mol. The summed E-state index contributed by atoms with van der Waals surface area (Å²) in [6.45, 7) is 1.03. The van der Waals surface area contributed by atoms with Crippen LogP contribution in [0.1, 0.15) is 31.2 Å². The Kier molecular flexibility index (Phi) is 4.69. The van der Waals surface area contributed by atoms with Gasteiger partial charge >= 0.3 is 0 Å². The maximum Gasteiger partial charge on any atom is 0.227 e. The summed E-state index contributed by atoms with van der Waals surface area (Å²) >= 11 is 6.06. The van der Waals surface area contributed by atoms with Crippen LogP contribution in [0.15, 0.2) is 24.4 Å². The molecule has 1 aromatic heterocycles. The maximum absolute atomic E-state index is 12.6. The summed E-state index contributed by atoms with van der Waals surface area (Å²) < 4.78 is 0. The molecule has 1 aliphatic rings. The summed E-state index contributed by atoms with van der Waals surface area (Å²) in [5, 5.41) is 10.7. The van der Waals surface area contributed by atoms with E-state index < -0.39 is 0 Å². The molecule has 2 aromatic rings. The van der Waals surface area contributed by atoms with E-state index in [-0.39, 0.29) is 18.6 Å². The van der Waals surface area contributed by atoms with Crippen molar-refractivity contribution in [3.05, 3.63) is 35.0 Å². The number of carbonyl (C=O) groups is 1. The zero-order valence-electron chi connectivity index (χ0n) is 12.5. The minimum absolute atomic E-state index is 0.168. The van der Waals surface area contributed by atoms with Gasteiger partial charge in [0.1, 0.15) is 0 Å². The van der Waals surface area contributed by atoms with Gasteiger partial charge in [-0.1, -0.05) is 11.6 Å². The number of H-pyrrole nitrogens is 1. The minimum Gasteiger partial charge on any atom is -0.396 e. The van der Waals surface area contributed by atoms with E-state index in [1.807, 2.05) is 29.3 Å². The lowest BCUT2D eigenvalue weighted by atomic mass is 10.1. The first kappa shape index (κ1) is 15.4. The predicted octanol–water partition coefficient (Wildman–Crippen LogP) is 3.13. The number of carbonyl (C=O) groups excluding carboxylic acids is 1. The molecule has 22 heavy (non-hydrogen) atoms. The molecule has 0 saturated carbocycles. The second-order valence-electron chi connectivity index (χ2n) is 5.93. The molecule has 4 nitrogen and oxygen atoms in total. The molecular formula is C17H21ClN2O2. The smallest absolute Gasteiger partial charge is 0.227 e. The summed E-state index contributed by atoms with van der Waals surface area (Å²) in [6, 6.07) is 5.97. The van der Waals surface area contributed by atoms with Crippen molar-refractivity contribution in [1.29, 1.82) is 0 Å². The van der Waals surface area contributed by atoms with Crippen LogP contribution in [0.25, 0.3) is 10.9 Å². The van der Waals surface area contributed by atoms with Gasteiger partial charge in [-0.25, -0.2) is 0 Å². The standard InChI is InChI=1S/C17H21ClN2O2/c18-13-5-6-16-15(10-13)12(11-19-16)9-17(22)20-7-1-3-14(20)4-2-8-21/h5-6,10-11,14,19,21H,1-4,7-9H2. The number of rotatable bonds is 5. The summed E-state index contributed by atoms with van der Waals surface area (Å²) in [5.74, 6) is 0.168. The van der Waals surface area contributed by atoms with Crippen LogP contribution in [0.2, 0.25) is 5.02 Å². The minimum atomic E-state index is 0.168. The van der Waals surface area contributed by atoms with E-state index in [4.69, 9.17) is 16.7 Å². The van der Waals surface area contributed by atoms with Crippen LogP contribution >= 0.6 is 11.6 Å². The van der Waals surface area contributed by atoms with E-state index >= 15 is 0 Å². The third-order valence-electron chi connectivity index (χ3n) is 4.46. The summed E-state index contributed by atoms with van der Waals surface area (Å²) in [5.41, 5.74) is 2.00. The Morgan fingerprint density at radius 3 is 3.14 bits per heavy atom. The Bertz CT molecular complexity index is 668. The average Bonchev–Trinajstić information content (AvgIpc) is 3.12. The van der Waals surface area contributed by atoms with E-state index in [1.54, 1.807) is 0 Å². The molecule has 118 valence electrons. The molecule has 0 spiro atoms. The SMILES string of the molecule is O=C(Cc1c[nH]c2ccc(Cl)cc12)N1CCCC1CCCO. The highest BCUT2D eigenvalue weighted by atomic mass is 35.5. The molecule has 1 saturated heterocycles. The molecule has 5 heteroatoms. The third kappa shape index (κ3) is 3.13. The molecule has 0 radical (unpaired) electrons. The molecule has 1 unspecified atom stereocenters. The van der Waals surface area contributed by atoms with Crippen molar-refractivity contribution in [2.75, 3.05) is 13.2 Å². The van der Waals surface area contributed by atoms with E-state index in [1.165, 1.54) is 0 Å². The topological polar surface area (TPSA) is 56.3 Å². The zero-order chi connectivity index (χ0) is 15.5. The molecule has 3 rings (SSSR count). The fourth-order valence-electron chi connectivity index (χ4n) is 3.35. The number of amides is 1. The molecule has 2 heterocycles. The van der Waals surface area contributed by atoms with Crippen LogP contribution in [0.5, 0.6) is 0 Å². The fraction of sp³-hybridized carbons (Fsp3) is 0.471. The molecule has 1 fully saturated rings. The number of halogens is 1. The van der Waals surface area contributed by atoms with Crippen molar-refractivity contribution in [3.8, 4) is 0 Å². The van der Waals surface area contributed by atoms with Crippen LogP contribution in [0.4, 0.5) is 0 Å². The normalized spacial score (nSPS) is 18.3. The van der Waals surface area contributed by atoms with Gasteiger partial charge < -0.3 is 15.0 Å². The van der Waals surface area contributed by atoms with Gasteiger partial charge in [0.15, 0.2) is 0 Å². The van der Waals surface area contributed by atoms with Crippen LogP contribution in [-0.4, -0.2) is 40.1 Å². The highest BCUT2D eigenvalue weighted by Gasteiger charge is 2.28. The second kappa shape index (κ2) is 6.71. The number of hydrogen-bond donors (Lipinski definition) is 2. The largest absolute Gasteiger partial charge is 0.396 e. The van der Waals surface area contributed by atoms with E-state index in [0.29, 0.717) is 11.4 Å². The summed E-state index contributed by atoms with van der Waals surface area (Å²) in [4.78, 5) is 17.8. The molecule has 1 amide bonds. The molecule has 1 aliphatic heterocycles. The lowest BCUT2D eigenvalue weighted by Crippen LogP contribution is -2.36. The van der Waals surface area contributed by atoms with Gasteiger partial charge in [-0.3, -0.25) is 4.79 Å². The Balaban J connectivity index is 1.73. The Hall–Kier alpha value is -1.52. The number of likely N-dealkylation sites (tertiary alicyclic amines) is 1. The number of aromatic amines is 1. The molecule has 2 N–H and O–H groups in total. The van der Waals surface area contributed by atoms with Gasteiger partial charge in [0, 0.05) is 41.3 Å². The molecule has 0 bridgehead atoms. The van der Waals surface area contributed by atoms with Gasteiger partial charge in [0.25, 0.3) is 0 Å². The number of hydrogen-bond acceptors (Lipinski definition) is 2. The Labute approximate surface area is 135 Å². The molecular weight excluding hydrogens is 300 g/mol. The summed E-state index contributed by atoms with van der Waals surface area (Å²) in [6.07, 6.45) is 6.06. The van der Waals surface area contributed by atoms with Crippen LogP contribution in [0, 0.1) is 0 Å². The van der Waals surface area contributed by atoms with Crippen molar-refractivity contribution in [3.63, 3.8) is 0 Å². The number of aliphatic hydroxyl groups is 1. The van der Waals surface area contributed by atoms with Crippen molar-refractivity contribution >= 4 is 28.4 Å². The first-order valence-electron chi connectivity index (χ1n) is 7.85. The number of nitrogens with one attached hydrogen (secondary N) is 1. The quantitative estimate of drug-likeness (QED) is 0.889. The fourth-order valence-corrected chi connectivity index (χ4v) is 3.52. The average molecular weight is 321 g/mol. The maximum atomic E-state index is 12.6. The highest BCUT2D eigenvalue weighted by molar-refractivity contribution is 6.31. The van der Waals surface area contributed by atoms with E-state index in [0.717, 1.165) is 48.7 Å². The van der Waals surface area contributed by atoms with E-state index in [9.17, 15) is 4.79 Å². The van der Waals surface area contributed by atoms with Crippen molar-refractivity contribution in [2.45, 2.75) is 38.1 Å². The first-order chi connectivity index (χ1) is 10.7. The lowest BCUT2D eigenvalue weighted by molar-refractivity contribution is -0.131. The first-order valence-corrected chi connectivity index (χ1v) is 8.22. The van der Waals surface area contributed by atoms with Crippen molar-refractivity contribution < 1.29 is 9.90 Å². The van der Waals surface area contributed by atoms with Gasteiger partial charge in [-0.05, 0) is 49.4 Å². The van der Waals surface area contributed by atoms with Crippen LogP contribution in [0.3, 0.4) is 0 Å². The van der Waals surface area contributed by atoms with Gasteiger partial charge in [-0.2, -0.15) is 0 Å². The molecule has 0 aliphatic carbocycles. The number of nitrogens with zero attached hydrogens (tertiary/aromatic N) is 1.